The number of piperidine rings is 1. The fraction of sp³-hybridized carbons (Fsp3) is 0.122. The van der Waals surface area contributed by atoms with Crippen LogP contribution < -0.4 is 14.4 Å². The molecule has 0 aliphatic carbocycles. The van der Waals surface area contributed by atoms with Crippen LogP contribution in [0.15, 0.2) is 121 Å². The predicted molar refractivity (Wildman–Crippen MR) is 203 cm³/mol. The van der Waals surface area contributed by atoms with Crippen molar-refractivity contribution in [3.63, 3.8) is 0 Å². The number of ether oxygens (including phenoxy) is 2. The Morgan fingerprint density at radius 3 is 1.43 bits per heavy atom. The zero-order valence-electron chi connectivity index (χ0n) is 27.3. The van der Waals surface area contributed by atoms with Gasteiger partial charge in [-0.2, -0.15) is 10.5 Å². The molecule has 4 aromatic carbocycles. The van der Waals surface area contributed by atoms with E-state index in [4.69, 9.17) is 44.3 Å². The lowest BCUT2D eigenvalue weighted by Gasteiger charge is -2.28. The van der Waals surface area contributed by atoms with E-state index in [0.717, 1.165) is 65.7 Å². The Morgan fingerprint density at radius 1 is 0.529 bits per heavy atom. The van der Waals surface area contributed by atoms with Gasteiger partial charge in [0.2, 0.25) is 0 Å². The number of aromatic nitrogens is 2. The summed E-state index contributed by atoms with van der Waals surface area (Å²) >= 11 is 18.3. The monoisotopic (exact) mass is 729 g/mol. The summed E-state index contributed by atoms with van der Waals surface area (Å²) in [5.41, 5.74) is 3.87. The number of hydrogen-bond acceptors (Lipinski definition) is 7. The molecule has 1 aliphatic rings. The standard InChI is InChI=1S/C23H20ClN3O.C18H10Cl2N2O/c24-23-21(16-25)20(15-22(26-23)27-13-5-2-6-14-27)17-9-11-19(12-10-17)28-18-7-3-1-4-8-18;19-17-10-15(16(11-21)18(20)22-17)12-6-8-14(9-7-12)23-13-4-2-1-3-5-13/h1,3-4,7-12,15H,2,5-6,13-14H2;1-10H. The first-order valence-corrected chi connectivity index (χ1v) is 17.3. The molecule has 1 saturated heterocycles. The second kappa shape index (κ2) is 16.9. The molecule has 252 valence electrons. The minimum atomic E-state index is 0.0969. The smallest absolute Gasteiger partial charge is 0.149 e. The third-order valence-electron chi connectivity index (χ3n) is 8.10. The van der Waals surface area contributed by atoms with Crippen molar-refractivity contribution < 1.29 is 9.47 Å². The zero-order valence-corrected chi connectivity index (χ0v) is 29.5. The van der Waals surface area contributed by atoms with Gasteiger partial charge in [0.05, 0.1) is 11.1 Å². The molecule has 0 saturated carbocycles. The summed E-state index contributed by atoms with van der Waals surface area (Å²) < 4.78 is 11.6. The van der Waals surface area contributed by atoms with E-state index >= 15 is 0 Å². The molecule has 6 aromatic rings. The number of hydrogen-bond donors (Lipinski definition) is 0. The molecule has 1 aliphatic heterocycles. The topological polar surface area (TPSA) is 95.1 Å². The number of benzene rings is 4. The maximum atomic E-state index is 9.60. The molecule has 51 heavy (non-hydrogen) atoms. The van der Waals surface area contributed by atoms with Crippen LogP contribution in [0.1, 0.15) is 30.4 Å². The third kappa shape index (κ3) is 8.97. The Labute approximate surface area is 311 Å². The quantitative estimate of drug-likeness (QED) is 0.151. The van der Waals surface area contributed by atoms with Crippen molar-refractivity contribution in [1.82, 2.24) is 9.97 Å². The summed E-state index contributed by atoms with van der Waals surface area (Å²) in [5, 5.41) is 19.5. The van der Waals surface area contributed by atoms with Gasteiger partial charge in [-0.15, -0.1) is 0 Å². The molecule has 2 aromatic heterocycles. The Balaban J connectivity index is 0.000000179. The number of anilines is 1. The van der Waals surface area contributed by atoms with E-state index in [1.54, 1.807) is 6.07 Å². The van der Waals surface area contributed by atoms with E-state index < -0.39 is 0 Å². The van der Waals surface area contributed by atoms with Gasteiger partial charge in [-0.3, -0.25) is 0 Å². The first kappa shape index (κ1) is 35.3. The van der Waals surface area contributed by atoms with Gasteiger partial charge in [0.25, 0.3) is 0 Å². The Morgan fingerprint density at radius 2 is 0.961 bits per heavy atom. The average Bonchev–Trinajstić information content (AvgIpc) is 3.16. The molecule has 1 fully saturated rings. The molecule has 0 spiro atoms. The highest BCUT2D eigenvalue weighted by atomic mass is 35.5. The van der Waals surface area contributed by atoms with E-state index in [9.17, 15) is 10.5 Å². The predicted octanol–water partition coefficient (Wildman–Crippen LogP) is 11.8. The van der Waals surface area contributed by atoms with Crippen LogP contribution in [-0.2, 0) is 0 Å². The molecule has 0 unspecified atom stereocenters. The lowest BCUT2D eigenvalue weighted by atomic mass is 10.0. The lowest BCUT2D eigenvalue weighted by molar-refractivity contribution is 0.482. The summed E-state index contributed by atoms with van der Waals surface area (Å²) in [4.78, 5) is 10.6. The number of nitriles is 2. The van der Waals surface area contributed by atoms with Gasteiger partial charge >= 0.3 is 0 Å². The van der Waals surface area contributed by atoms with Crippen LogP contribution in [0, 0.1) is 22.7 Å². The van der Waals surface area contributed by atoms with Crippen molar-refractivity contribution >= 4 is 40.6 Å². The molecular formula is C41H30Cl3N5O2. The minimum absolute atomic E-state index is 0.0969. The van der Waals surface area contributed by atoms with Crippen molar-refractivity contribution in [3.8, 4) is 57.4 Å². The van der Waals surface area contributed by atoms with Gasteiger partial charge in [0.1, 0.15) is 56.4 Å². The van der Waals surface area contributed by atoms with Gasteiger partial charge in [-0.05, 0) is 91.1 Å². The van der Waals surface area contributed by atoms with E-state index in [0.29, 0.717) is 22.4 Å². The number of halogens is 3. The summed E-state index contributed by atoms with van der Waals surface area (Å²) in [5.74, 6) is 3.82. The molecule has 0 amide bonds. The van der Waals surface area contributed by atoms with E-state index in [-0.39, 0.29) is 15.5 Å². The van der Waals surface area contributed by atoms with Crippen molar-refractivity contribution in [2.24, 2.45) is 0 Å². The van der Waals surface area contributed by atoms with Crippen LogP contribution in [0.4, 0.5) is 5.82 Å². The number of rotatable bonds is 7. The summed E-state index contributed by atoms with van der Waals surface area (Å²) in [7, 11) is 0. The first-order chi connectivity index (χ1) is 24.9. The minimum Gasteiger partial charge on any atom is -0.457 e. The largest absolute Gasteiger partial charge is 0.457 e. The van der Waals surface area contributed by atoms with Crippen molar-refractivity contribution in [3.05, 3.63) is 148 Å². The van der Waals surface area contributed by atoms with Crippen LogP contribution >= 0.6 is 34.8 Å². The highest BCUT2D eigenvalue weighted by molar-refractivity contribution is 6.33. The van der Waals surface area contributed by atoms with Crippen molar-refractivity contribution in [1.29, 1.82) is 10.5 Å². The molecule has 0 N–H and O–H groups in total. The number of para-hydroxylation sites is 2. The van der Waals surface area contributed by atoms with Gasteiger partial charge in [-0.25, -0.2) is 9.97 Å². The second-order valence-corrected chi connectivity index (χ2v) is 12.6. The summed E-state index contributed by atoms with van der Waals surface area (Å²) in [6.07, 6.45) is 3.55. The maximum Gasteiger partial charge on any atom is 0.149 e. The Hall–Kier alpha value is -5.57. The maximum absolute atomic E-state index is 9.60. The van der Waals surface area contributed by atoms with Gasteiger partial charge in [0, 0.05) is 24.2 Å². The third-order valence-corrected chi connectivity index (χ3v) is 8.84. The van der Waals surface area contributed by atoms with E-state index in [2.05, 4.69) is 27.0 Å². The fourth-order valence-electron chi connectivity index (χ4n) is 5.59. The molecule has 0 radical (unpaired) electrons. The molecule has 0 atom stereocenters. The van der Waals surface area contributed by atoms with Crippen LogP contribution in [-0.4, -0.2) is 23.1 Å². The van der Waals surface area contributed by atoms with Crippen LogP contribution in [0.3, 0.4) is 0 Å². The molecule has 7 nitrogen and oxygen atoms in total. The number of nitrogens with zero attached hydrogens (tertiary/aromatic N) is 5. The number of pyridine rings is 2. The van der Waals surface area contributed by atoms with E-state index in [1.165, 1.54) is 6.42 Å². The molecule has 3 heterocycles. The Bertz CT molecular complexity index is 2180. The lowest BCUT2D eigenvalue weighted by Crippen LogP contribution is -2.30. The van der Waals surface area contributed by atoms with Gasteiger partial charge in [-0.1, -0.05) is 95.5 Å². The Kier molecular flexibility index (Phi) is 11.7. The molecule has 0 bridgehead atoms. The molecule has 10 heteroatoms. The average molecular weight is 731 g/mol. The second-order valence-electron chi connectivity index (χ2n) is 11.5. The SMILES string of the molecule is N#Cc1c(-c2ccc(Oc3ccccc3)cc2)cc(Cl)nc1Cl.N#Cc1c(-c2ccc(Oc3ccccc3)cc2)cc(N2CCCCC2)nc1Cl. The van der Waals surface area contributed by atoms with Gasteiger partial charge in [0.15, 0.2) is 0 Å². The van der Waals surface area contributed by atoms with Gasteiger partial charge < -0.3 is 14.4 Å². The summed E-state index contributed by atoms with van der Waals surface area (Å²) in [6, 6.07) is 42.1. The van der Waals surface area contributed by atoms with Crippen LogP contribution in [0.2, 0.25) is 15.5 Å². The van der Waals surface area contributed by atoms with Crippen LogP contribution in [0.5, 0.6) is 23.0 Å². The van der Waals surface area contributed by atoms with Crippen molar-refractivity contribution in [2.75, 3.05) is 18.0 Å². The zero-order chi connectivity index (χ0) is 35.6. The highest BCUT2D eigenvalue weighted by Gasteiger charge is 2.18. The molecule has 7 rings (SSSR count). The van der Waals surface area contributed by atoms with Crippen molar-refractivity contribution in [2.45, 2.75) is 19.3 Å². The highest BCUT2D eigenvalue weighted by Crippen LogP contribution is 2.35. The van der Waals surface area contributed by atoms with E-state index in [1.807, 2.05) is 115 Å². The van der Waals surface area contributed by atoms with Crippen LogP contribution in [0.25, 0.3) is 22.3 Å². The normalized spacial score (nSPS) is 12.1. The summed E-state index contributed by atoms with van der Waals surface area (Å²) in [6.45, 7) is 1.94. The molecular weight excluding hydrogens is 701 g/mol. The fourth-order valence-corrected chi connectivity index (χ4v) is 6.30. The first-order valence-electron chi connectivity index (χ1n) is 16.2.